The number of anilines is 1. The van der Waals surface area contributed by atoms with Gasteiger partial charge in [0.2, 0.25) is 0 Å². The largest absolute Gasteiger partial charge is 0.396 e. The number of benzene rings is 1. The van der Waals surface area contributed by atoms with Gasteiger partial charge in [-0.1, -0.05) is 5.16 Å². The molecule has 0 aliphatic heterocycles. The Morgan fingerprint density at radius 1 is 1.38 bits per heavy atom. The van der Waals surface area contributed by atoms with Crippen LogP contribution in [0.25, 0.3) is 11.5 Å². The Hall–Kier alpha value is -1.91. The minimum atomic E-state index is -0.439. The number of rotatable bonds is 2. The maximum atomic E-state index is 13.0. The third-order valence-corrected chi connectivity index (χ3v) is 2.63. The fourth-order valence-corrected chi connectivity index (χ4v) is 1.54. The average molecular weight is 219 g/mol. The van der Waals surface area contributed by atoms with Crippen LogP contribution in [0, 0.1) is 5.82 Å². The molecule has 0 bridgehead atoms. The van der Waals surface area contributed by atoms with Crippen molar-refractivity contribution in [3.05, 3.63) is 29.8 Å². The monoisotopic (exact) mass is 219 g/mol. The number of nitrogen functional groups attached to an aromatic ring is 1. The summed E-state index contributed by atoms with van der Waals surface area (Å²) in [5.74, 6) is 1.13. The Bertz CT molecular complexity index is 534. The van der Waals surface area contributed by atoms with Gasteiger partial charge in [-0.05, 0) is 31.0 Å². The van der Waals surface area contributed by atoms with Crippen molar-refractivity contribution in [1.82, 2.24) is 10.1 Å². The summed E-state index contributed by atoms with van der Waals surface area (Å²) in [5.41, 5.74) is 6.21. The molecular formula is C11H10FN3O. The molecule has 5 heteroatoms. The van der Waals surface area contributed by atoms with Gasteiger partial charge in [0, 0.05) is 11.5 Å². The molecule has 3 rings (SSSR count). The summed E-state index contributed by atoms with van der Waals surface area (Å²) in [6.45, 7) is 0. The molecule has 16 heavy (non-hydrogen) atoms. The summed E-state index contributed by atoms with van der Waals surface area (Å²) in [6.07, 6.45) is 2.23. The van der Waals surface area contributed by atoms with E-state index in [4.69, 9.17) is 10.3 Å². The van der Waals surface area contributed by atoms with Gasteiger partial charge in [-0.2, -0.15) is 4.98 Å². The first-order valence-electron chi connectivity index (χ1n) is 5.13. The smallest absolute Gasteiger partial charge is 0.258 e. The topological polar surface area (TPSA) is 64.9 Å². The minimum absolute atomic E-state index is 0.0867. The van der Waals surface area contributed by atoms with Crippen LogP contribution < -0.4 is 5.73 Å². The Morgan fingerprint density at radius 3 is 2.88 bits per heavy atom. The molecule has 0 radical (unpaired) electrons. The number of aromatic nitrogens is 2. The number of hydrogen-bond donors (Lipinski definition) is 1. The number of nitrogens with zero attached hydrogens (tertiary/aromatic N) is 2. The van der Waals surface area contributed by atoms with Crippen LogP contribution in [0.2, 0.25) is 0 Å². The van der Waals surface area contributed by atoms with Gasteiger partial charge in [0.05, 0.1) is 5.69 Å². The highest BCUT2D eigenvalue weighted by Crippen LogP contribution is 2.38. The van der Waals surface area contributed by atoms with Gasteiger partial charge < -0.3 is 10.3 Å². The Balaban J connectivity index is 1.97. The standard InChI is InChI=1S/C11H10FN3O/c12-8-4-3-7(5-9(8)13)11-14-10(15-16-11)6-1-2-6/h3-6H,1-2,13H2. The molecule has 1 aromatic carbocycles. The second-order valence-corrected chi connectivity index (χ2v) is 3.97. The van der Waals surface area contributed by atoms with E-state index in [1.165, 1.54) is 12.1 Å². The van der Waals surface area contributed by atoms with Crippen LogP contribution in [-0.4, -0.2) is 10.1 Å². The van der Waals surface area contributed by atoms with Crippen LogP contribution in [-0.2, 0) is 0 Å². The van der Waals surface area contributed by atoms with Crippen molar-refractivity contribution in [2.45, 2.75) is 18.8 Å². The van der Waals surface area contributed by atoms with E-state index in [9.17, 15) is 4.39 Å². The van der Waals surface area contributed by atoms with Crippen LogP contribution in [0.4, 0.5) is 10.1 Å². The second kappa shape index (κ2) is 3.30. The van der Waals surface area contributed by atoms with Gasteiger partial charge in [-0.25, -0.2) is 4.39 Å². The number of halogens is 1. The summed E-state index contributed by atoms with van der Waals surface area (Å²) in [7, 11) is 0. The summed E-state index contributed by atoms with van der Waals surface area (Å²) < 4.78 is 18.1. The lowest BCUT2D eigenvalue weighted by atomic mass is 10.2. The molecule has 1 aliphatic rings. The van der Waals surface area contributed by atoms with E-state index in [0.717, 1.165) is 18.7 Å². The lowest BCUT2D eigenvalue weighted by Crippen LogP contribution is -1.91. The predicted octanol–water partition coefficient (Wildman–Crippen LogP) is 2.34. The highest BCUT2D eigenvalue weighted by atomic mass is 19.1. The molecule has 4 nitrogen and oxygen atoms in total. The Kier molecular flexibility index (Phi) is 1.92. The fraction of sp³-hybridized carbons (Fsp3) is 0.273. The van der Waals surface area contributed by atoms with Crippen LogP contribution in [0.3, 0.4) is 0 Å². The van der Waals surface area contributed by atoms with Crippen molar-refractivity contribution in [3.8, 4) is 11.5 Å². The molecular weight excluding hydrogens is 209 g/mol. The van der Waals surface area contributed by atoms with Gasteiger partial charge in [-0.15, -0.1) is 0 Å². The quantitative estimate of drug-likeness (QED) is 0.787. The van der Waals surface area contributed by atoms with Gasteiger partial charge in [0.1, 0.15) is 5.82 Å². The highest BCUT2D eigenvalue weighted by molar-refractivity contribution is 5.60. The second-order valence-electron chi connectivity index (χ2n) is 3.97. The minimum Gasteiger partial charge on any atom is -0.396 e. The summed E-state index contributed by atoms with van der Waals surface area (Å²) >= 11 is 0. The zero-order valence-electron chi connectivity index (χ0n) is 8.48. The zero-order valence-corrected chi connectivity index (χ0v) is 8.48. The number of nitrogens with two attached hydrogens (primary N) is 1. The molecule has 0 amide bonds. The molecule has 1 heterocycles. The van der Waals surface area contributed by atoms with Crippen LogP contribution in [0.15, 0.2) is 22.7 Å². The van der Waals surface area contributed by atoms with E-state index in [1.54, 1.807) is 6.07 Å². The fourth-order valence-electron chi connectivity index (χ4n) is 1.54. The van der Waals surface area contributed by atoms with E-state index in [2.05, 4.69) is 10.1 Å². The predicted molar refractivity (Wildman–Crippen MR) is 56.1 cm³/mol. The van der Waals surface area contributed by atoms with Gasteiger partial charge in [-0.3, -0.25) is 0 Å². The van der Waals surface area contributed by atoms with Crippen LogP contribution in [0.1, 0.15) is 24.6 Å². The first-order chi connectivity index (χ1) is 7.74. The van der Waals surface area contributed by atoms with Crippen molar-refractivity contribution in [2.24, 2.45) is 0 Å². The van der Waals surface area contributed by atoms with E-state index < -0.39 is 5.82 Å². The highest BCUT2D eigenvalue weighted by Gasteiger charge is 2.28. The Labute approximate surface area is 91.3 Å². The van der Waals surface area contributed by atoms with E-state index in [0.29, 0.717) is 17.4 Å². The van der Waals surface area contributed by atoms with Crippen molar-refractivity contribution >= 4 is 5.69 Å². The normalized spacial score (nSPS) is 15.3. The summed E-state index contributed by atoms with van der Waals surface area (Å²) in [5, 5.41) is 3.89. The molecule has 1 aromatic heterocycles. The maximum absolute atomic E-state index is 13.0. The van der Waals surface area contributed by atoms with Gasteiger partial charge >= 0.3 is 0 Å². The van der Waals surface area contributed by atoms with Crippen molar-refractivity contribution in [1.29, 1.82) is 0 Å². The average Bonchev–Trinajstić information content (AvgIpc) is 3.01. The third-order valence-electron chi connectivity index (χ3n) is 2.63. The third kappa shape index (κ3) is 1.54. The first-order valence-corrected chi connectivity index (χ1v) is 5.13. The van der Waals surface area contributed by atoms with E-state index in [1.807, 2.05) is 0 Å². The molecule has 0 atom stereocenters. The van der Waals surface area contributed by atoms with Gasteiger partial charge in [0.15, 0.2) is 5.82 Å². The summed E-state index contributed by atoms with van der Waals surface area (Å²) in [6, 6.07) is 4.38. The van der Waals surface area contributed by atoms with E-state index >= 15 is 0 Å². The molecule has 1 saturated carbocycles. The van der Waals surface area contributed by atoms with E-state index in [-0.39, 0.29) is 5.69 Å². The maximum Gasteiger partial charge on any atom is 0.258 e. The van der Waals surface area contributed by atoms with Crippen LogP contribution in [0.5, 0.6) is 0 Å². The van der Waals surface area contributed by atoms with Gasteiger partial charge in [0.25, 0.3) is 5.89 Å². The lowest BCUT2D eigenvalue weighted by molar-refractivity contribution is 0.422. The Morgan fingerprint density at radius 2 is 2.19 bits per heavy atom. The van der Waals surface area contributed by atoms with Crippen molar-refractivity contribution in [3.63, 3.8) is 0 Å². The first kappa shape index (κ1) is 9.33. The molecule has 0 saturated heterocycles. The molecule has 1 fully saturated rings. The molecule has 2 aromatic rings. The summed E-state index contributed by atoms with van der Waals surface area (Å²) in [4.78, 5) is 4.26. The SMILES string of the molecule is Nc1cc(-c2nc(C3CC3)no2)ccc1F. The molecule has 0 spiro atoms. The molecule has 0 unspecified atom stereocenters. The number of hydrogen-bond acceptors (Lipinski definition) is 4. The molecule has 1 aliphatic carbocycles. The van der Waals surface area contributed by atoms with Crippen LogP contribution >= 0.6 is 0 Å². The van der Waals surface area contributed by atoms with Crippen molar-refractivity contribution < 1.29 is 8.91 Å². The molecule has 2 N–H and O–H groups in total. The zero-order chi connectivity index (χ0) is 11.1. The molecule has 82 valence electrons. The lowest BCUT2D eigenvalue weighted by Gasteiger charge is -1.97. The van der Waals surface area contributed by atoms with Crippen molar-refractivity contribution in [2.75, 3.05) is 5.73 Å².